The van der Waals surface area contributed by atoms with Crippen molar-refractivity contribution in [3.05, 3.63) is 23.4 Å². The highest BCUT2D eigenvalue weighted by Crippen LogP contribution is 2.29. The molecule has 15 heavy (non-hydrogen) atoms. The number of anilines is 1. The van der Waals surface area contributed by atoms with Crippen molar-refractivity contribution < 1.29 is 0 Å². The van der Waals surface area contributed by atoms with E-state index in [2.05, 4.69) is 44.7 Å². The zero-order valence-corrected chi connectivity index (χ0v) is 10.1. The average molecular weight is 204 g/mol. The predicted molar refractivity (Wildman–Crippen MR) is 64.5 cm³/mol. The number of pyridine rings is 1. The van der Waals surface area contributed by atoms with Crippen LogP contribution in [0.2, 0.25) is 0 Å². The van der Waals surface area contributed by atoms with Crippen molar-refractivity contribution in [1.29, 1.82) is 0 Å². The largest absolute Gasteiger partial charge is 0.354 e. The molecule has 0 aliphatic carbocycles. The highest BCUT2D eigenvalue weighted by atomic mass is 15.2. The third-order valence-corrected chi connectivity index (χ3v) is 3.09. The molecule has 0 bridgehead atoms. The maximum atomic E-state index is 4.78. The van der Waals surface area contributed by atoms with Gasteiger partial charge in [-0.25, -0.2) is 4.98 Å². The van der Waals surface area contributed by atoms with E-state index in [4.69, 9.17) is 4.98 Å². The Labute approximate surface area is 92.3 Å². The SMILES string of the molecule is CC(C)c1ccc2c(n1)N(C(C)C)CC2. The van der Waals surface area contributed by atoms with Gasteiger partial charge in [0.05, 0.1) is 0 Å². The van der Waals surface area contributed by atoms with Gasteiger partial charge in [0.2, 0.25) is 0 Å². The number of hydrogen-bond acceptors (Lipinski definition) is 2. The Bertz CT molecular complexity index is 356. The molecule has 0 atom stereocenters. The Morgan fingerprint density at radius 3 is 2.53 bits per heavy atom. The van der Waals surface area contributed by atoms with E-state index >= 15 is 0 Å². The van der Waals surface area contributed by atoms with Crippen molar-refractivity contribution in [2.75, 3.05) is 11.4 Å². The Morgan fingerprint density at radius 1 is 1.20 bits per heavy atom. The fourth-order valence-corrected chi connectivity index (χ4v) is 2.11. The number of rotatable bonds is 2. The molecular formula is C13H20N2. The summed E-state index contributed by atoms with van der Waals surface area (Å²) in [6.45, 7) is 9.99. The average Bonchev–Trinajstić information content (AvgIpc) is 2.59. The Hall–Kier alpha value is -1.05. The minimum absolute atomic E-state index is 0.518. The zero-order valence-electron chi connectivity index (χ0n) is 10.1. The van der Waals surface area contributed by atoms with E-state index in [0.717, 1.165) is 13.0 Å². The molecule has 0 saturated carbocycles. The molecule has 0 unspecified atom stereocenters. The lowest BCUT2D eigenvalue weighted by atomic mass is 10.1. The second-order valence-corrected chi connectivity index (χ2v) is 4.91. The quantitative estimate of drug-likeness (QED) is 0.736. The molecule has 0 aromatic carbocycles. The summed E-state index contributed by atoms with van der Waals surface area (Å²) in [5.74, 6) is 1.74. The van der Waals surface area contributed by atoms with Crippen LogP contribution in [0.4, 0.5) is 5.82 Å². The van der Waals surface area contributed by atoms with Crippen LogP contribution in [0.3, 0.4) is 0 Å². The predicted octanol–water partition coefficient (Wildman–Crippen LogP) is 2.98. The molecule has 1 aromatic heterocycles. The molecule has 2 rings (SSSR count). The molecule has 0 radical (unpaired) electrons. The van der Waals surface area contributed by atoms with Crippen molar-refractivity contribution in [1.82, 2.24) is 4.98 Å². The Balaban J connectivity index is 2.38. The van der Waals surface area contributed by atoms with Crippen LogP contribution in [0, 0.1) is 0 Å². The van der Waals surface area contributed by atoms with Crippen molar-refractivity contribution in [3.63, 3.8) is 0 Å². The van der Waals surface area contributed by atoms with Gasteiger partial charge in [0.25, 0.3) is 0 Å². The molecule has 0 spiro atoms. The molecule has 1 aliphatic heterocycles. The minimum atomic E-state index is 0.518. The number of aromatic nitrogens is 1. The van der Waals surface area contributed by atoms with Gasteiger partial charge in [0.15, 0.2) is 0 Å². The summed E-state index contributed by atoms with van der Waals surface area (Å²) in [6.07, 6.45) is 1.15. The van der Waals surface area contributed by atoms with Gasteiger partial charge in [0.1, 0.15) is 5.82 Å². The van der Waals surface area contributed by atoms with E-state index in [9.17, 15) is 0 Å². The lowest BCUT2D eigenvalue weighted by molar-refractivity contribution is 0.698. The van der Waals surface area contributed by atoms with Gasteiger partial charge < -0.3 is 4.90 Å². The van der Waals surface area contributed by atoms with Crippen LogP contribution in [0.5, 0.6) is 0 Å². The summed E-state index contributed by atoms with van der Waals surface area (Å²) in [5.41, 5.74) is 2.62. The molecule has 2 nitrogen and oxygen atoms in total. The van der Waals surface area contributed by atoms with Gasteiger partial charge in [-0.3, -0.25) is 0 Å². The van der Waals surface area contributed by atoms with Gasteiger partial charge in [-0.1, -0.05) is 19.9 Å². The summed E-state index contributed by atoms with van der Waals surface area (Å²) in [5, 5.41) is 0. The van der Waals surface area contributed by atoms with Crippen molar-refractivity contribution >= 4 is 5.82 Å². The number of fused-ring (bicyclic) bond motifs is 1. The second kappa shape index (κ2) is 3.84. The van der Waals surface area contributed by atoms with Crippen LogP contribution in [-0.4, -0.2) is 17.6 Å². The smallest absolute Gasteiger partial charge is 0.132 e. The molecular weight excluding hydrogens is 184 g/mol. The molecule has 0 saturated heterocycles. The molecule has 1 aromatic rings. The van der Waals surface area contributed by atoms with E-state index in [-0.39, 0.29) is 0 Å². The standard InChI is InChI=1S/C13H20N2/c1-9(2)12-6-5-11-7-8-15(10(3)4)13(11)14-12/h5-6,9-10H,7-8H2,1-4H3. The highest BCUT2D eigenvalue weighted by Gasteiger charge is 2.23. The molecule has 1 aliphatic rings. The second-order valence-electron chi connectivity index (χ2n) is 4.91. The fourth-order valence-electron chi connectivity index (χ4n) is 2.11. The molecule has 0 fully saturated rings. The maximum absolute atomic E-state index is 4.78. The van der Waals surface area contributed by atoms with Crippen LogP contribution < -0.4 is 4.90 Å². The van der Waals surface area contributed by atoms with E-state index in [1.807, 2.05) is 0 Å². The lowest BCUT2D eigenvalue weighted by Gasteiger charge is -2.23. The van der Waals surface area contributed by atoms with Crippen LogP contribution in [0.25, 0.3) is 0 Å². The topological polar surface area (TPSA) is 16.1 Å². The summed E-state index contributed by atoms with van der Waals surface area (Å²) in [4.78, 5) is 7.19. The third kappa shape index (κ3) is 1.85. The molecule has 0 amide bonds. The van der Waals surface area contributed by atoms with Gasteiger partial charge in [-0.05, 0) is 37.8 Å². The highest BCUT2D eigenvalue weighted by molar-refractivity contribution is 5.53. The fraction of sp³-hybridized carbons (Fsp3) is 0.615. The first-order valence-corrected chi connectivity index (χ1v) is 5.86. The Morgan fingerprint density at radius 2 is 1.93 bits per heavy atom. The van der Waals surface area contributed by atoms with Crippen molar-refractivity contribution in [2.45, 2.75) is 46.1 Å². The van der Waals surface area contributed by atoms with Gasteiger partial charge in [-0.2, -0.15) is 0 Å². The monoisotopic (exact) mass is 204 g/mol. The van der Waals surface area contributed by atoms with E-state index in [0.29, 0.717) is 12.0 Å². The van der Waals surface area contributed by atoms with Gasteiger partial charge in [0, 0.05) is 18.3 Å². The summed E-state index contributed by atoms with van der Waals surface area (Å²) in [6, 6.07) is 4.98. The van der Waals surface area contributed by atoms with Crippen LogP contribution in [-0.2, 0) is 6.42 Å². The van der Waals surface area contributed by atoms with Gasteiger partial charge in [-0.15, -0.1) is 0 Å². The molecule has 82 valence electrons. The van der Waals surface area contributed by atoms with Gasteiger partial charge >= 0.3 is 0 Å². The number of nitrogens with zero attached hydrogens (tertiary/aromatic N) is 2. The van der Waals surface area contributed by atoms with Crippen LogP contribution in [0.1, 0.15) is 44.9 Å². The molecule has 0 N–H and O–H groups in total. The summed E-state index contributed by atoms with van der Waals surface area (Å²) in [7, 11) is 0. The van der Waals surface area contributed by atoms with E-state index in [1.165, 1.54) is 17.1 Å². The first-order valence-electron chi connectivity index (χ1n) is 5.86. The van der Waals surface area contributed by atoms with E-state index < -0.39 is 0 Å². The maximum Gasteiger partial charge on any atom is 0.132 e. The zero-order chi connectivity index (χ0) is 11.0. The molecule has 2 heterocycles. The molecule has 2 heteroatoms. The van der Waals surface area contributed by atoms with Crippen molar-refractivity contribution in [2.24, 2.45) is 0 Å². The Kier molecular flexibility index (Phi) is 2.68. The van der Waals surface area contributed by atoms with Crippen LogP contribution in [0.15, 0.2) is 12.1 Å². The first-order chi connectivity index (χ1) is 7.09. The first kappa shape index (κ1) is 10.5. The van der Waals surface area contributed by atoms with Crippen molar-refractivity contribution in [3.8, 4) is 0 Å². The van der Waals surface area contributed by atoms with E-state index in [1.54, 1.807) is 0 Å². The summed E-state index contributed by atoms with van der Waals surface area (Å²) < 4.78 is 0. The normalized spacial score (nSPS) is 15.2. The van der Waals surface area contributed by atoms with Crippen LogP contribution >= 0.6 is 0 Å². The third-order valence-electron chi connectivity index (χ3n) is 3.09. The summed E-state index contributed by atoms with van der Waals surface area (Å²) >= 11 is 0. The minimum Gasteiger partial charge on any atom is -0.354 e. The number of hydrogen-bond donors (Lipinski definition) is 0. The lowest BCUT2D eigenvalue weighted by Crippen LogP contribution is -2.29.